The first-order valence-corrected chi connectivity index (χ1v) is 4.99. The van der Waals surface area contributed by atoms with Crippen LogP contribution in [0.15, 0.2) is 36.5 Å². The fraction of sp³-hybridized carbons (Fsp3) is 0.333. The molecule has 2 heteroatoms. The quantitative estimate of drug-likeness (QED) is 0.759. The Hall–Kier alpha value is -1.44. The van der Waals surface area contributed by atoms with Gasteiger partial charge in [-0.2, -0.15) is 0 Å². The Morgan fingerprint density at radius 1 is 1.57 bits per heavy atom. The molecule has 1 heterocycles. The van der Waals surface area contributed by atoms with Gasteiger partial charge in [0.25, 0.3) is 0 Å². The molecule has 2 N–H and O–H groups in total. The lowest BCUT2D eigenvalue weighted by atomic mass is 10.1. The summed E-state index contributed by atoms with van der Waals surface area (Å²) in [4.78, 5) is 0. The Kier molecular flexibility index (Phi) is 2.44. The summed E-state index contributed by atoms with van der Waals surface area (Å²) < 4.78 is 0. The zero-order valence-corrected chi connectivity index (χ0v) is 8.51. The number of anilines is 1. The molecule has 0 unspecified atom stereocenters. The Labute approximate surface area is 85.0 Å². The zero-order valence-electron chi connectivity index (χ0n) is 8.51. The minimum absolute atomic E-state index is 0.504. The summed E-state index contributed by atoms with van der Waals surface area (Å²) in [7, 11) is 0. The molecule has 0 fully saturated rings. The van der Waals surface area contributed by atoms with E-state index in [-0.39, 0.29) is 0 Å². The van der Waals surface area contributed by atoms with Gasteiger partial charge in [0.2, 0.25) is 0 Å². The molecule has 0 bridgehead atoms. The van der Waals surface area contributed by atoms with Crippen molar-refractivity contribution in [1.82, 2.24) is 5.32 Å². The third-order valence-corrected chi connectivity index (χ3v) is 2.49. The van der Waals surface area contributed by atoms with E-state index >= 15 is 0 Å². The van der Waals surface area contributed by atoms with Crippen molar-refractivity contribution in [3.63, 3.8) is 0 Å². The van der Waals surface area contributed by atoms with Gasteiger partial charge in [0.15, 0.2) is 0 Å². The van der Waals surface area contributed by atoms with Gasteiger partial charge in [-0.25, -0.2) is 0 Å². The Bertz CT molecular complexity index is 319. The second kappa shape index (κ2) is 3.74. The lowest BCUT2D eigenvalue weighted by molar-refractivity contribution is 0.675. The van der Waals surface area contributed by atoms with Gasteiger partial charge in [0.1, 0.15) is 0 Å². The molecular formula is C12H16N2. The molecule has 1 aliphatic heterocycles. The fourth-order valence-electron chi connectivity index (χ4n) is 1.80. The minimum atomic E-state index is 0.504. The fourth-order valence-corrected chi connectivity index (χ4v) is 1.80. The molecule has 0 saturated carbocycles. The number of nitrogens with one attached hydrogen (secondary N) is 2. The molecule has 14 heavy (non-hydrogen) atoms. The van der Waals surface area contributed by atoms with Crippen LogP contribution in [0, 0.1) is 0 Å². The summed E-state index contributed by atoms with van der Waals surface area (Å²) in [5, 5.41) is 6.75. The highest BCUT2D eigenvalue weighted by atomic mass is 15.0. The van der Waals surface area contributed by atoms with E-state index in [0.29, 0.717) is 6.04 Å². The van der Waals surface area contributed by atoms with Crippen LogP contribution in [-0.2, 0) is 6.42 Å². The van der Waals surface area contributed by atoms with Gasteiger partial charge < -0.3 is 10.6 Å². The first kappa shape index (κ1) is 9.13. The first-order valence-electron chi connectivity index (χ1n) is 4.99. The third-order valence-electron chi connectivity index (χ3n) is 2.49. The van der Waals surface area contributed by atoms with E-state index in [9.17, 15) is 0 Å². The molecule has 1 aliphatic rings. The summed E-state index contributed by atoms with van der Waals surface area (Å²) in [6.45, 7) is 6.76. The summed E-state index contributed by atoms with van der Waals surface area (Å²) in [5.74, 6) is 0. The molecule has 0 aliphatic carbocycles. The van der Waals surface area contributed by atoms with Gasteiger partial charge in [-0.15, -0.1) is 0 Å². The maximum atomic E-state index is 3.83. The van der Waals surface area contributed by atoms with Gasteiger partial charge >= 0.3 is 0 Å². The minimum Gasteiger partial charge on any atom is -0.387 e. The molecule has 74 valence electrons. The van der Waals surface area contributed by atoms with E-state index in [4.69, 9.17) is 0 Å². The number of fused-ring (bicyclic) bond motifs is 1. The summed E-state index contributed by atoms with van der Waals surface area (Å²) in [6, 6.07) is 8.98. The maximum Gasteiger partial charge on any atom is 0.0475 e. The van der Waals surface area contributed by atoms with Gasteiger partial charge in [-0.3, -0.25) is 0 Å². The van der Waals surface area contributed by atoms with Crippen molar-refractivity contribution in [2.45, 2.75) is 19.4 Å². The van der Waals surface area contributed by atoms with Crippen LogP contribution in [-0.4, -0.2) is 12.6 Å². The Morgan fingerprint density at radius 3 is 3.07 bits per heavy atom. The number of allylic oxidation sites excluding steroid dienone is 1. The van der Waals surface area contributed by atoms with Crippen LogP contribution >= 0.6 is 0 Å². The Balaban J connectivity index is 1.95. The van der Waals surface area contributed by atoms with Crippen LogP contribution in [0.5, 0.6) is 0 Å². The second-order valence-electron chi connectivity index (χ2n) is 3.86. The lowest BCUT2D eigenvalue weighted by Crippen LogP contribution is -2.29. The van der Waals surface area contributed by atoms with Gasteiger partial charge in [-0.05, 0) is 25.0 Å². The average Bonchev–Trinajstić information content (AvgIpc) is 2.57. The van der Waals surface area contributed by atoms with Crippen LogP contribution < -0.4 is 10.6 Å². The lowest BCUT2D eigenvalue weighted by Gasteiger charge is -2.12. The van der Waals surface area contributed by atoms with Crippen molar-refractivity contribution in [1.29, 1.82) is 0 Å². The second-order valence-corrected chi connectivity index (χ2v) is 3.86. The number of rotatable bonds is 3. The van der Waals surface area contributed by atoms with Gasteiger partial charge in [0, 0.05) is 24.0 Å². The summed E-state index contributed by atoms with van der Waals surface area (Å²) in [5.41, 5.74) is 3.73. The van der Waals surface area contributed by atoms with E-state index in [1.807, 2.05) is 6.92 Å². The van der Waals surface area contributed by atoms with Crippen LogP contribution in [0.2, 0.25) is 0 Å². The van der Waals surface area contributed by atoms with E-state index in [0.717, 1.165) is 18.7 Å². The van der Waals surface area contributed by atoms with Crippen LogP contribution in [0.4, 0.5) is 5.69 Å². The molecule has 2 nitrogen and oxygen atoms in total. The molecule has 0 radical (unpaired) electrons. The average molecular weight is 188 g/mol. The van der Waals surface area contributed by atoms with E-state index in [2.05, 4.69) is 41.5 Å². The molecule has 0 spiro atoms. The number of benzene rings is 1. The van der Waals surface area contributed by atoms with Gasteiger partial charge in [-0.1, -0.05) is 24.8 Å². The number of hydrogen-bond acceptors (Lipinski definition) is 2. The number of para-hydroxylation sites is 1. The van der Waals surface area contributed by atoms with E-state index < -0.39 is 0 Å². The van der Waals surface area contributed by atoms with Crippen molar-refractivity contribution in [3.05, 3.63) is 42.1 Å². The molecule has 0 amide bonds. The van der Waals surface area contributed by atoms with Crippen molar-refractivity contribution < 1.29 is 0 Å². The topological polar surface area (TPSA) is 24.1 Å². The van der Waals surface area contributed by atoms with E-state index in [1.165, 1.54) is 11.3 Å². The highest BCUT2D eigenvalue weighted by Gasteiger charge is 2.18. The summed E-state index contributed by atoms with van der Waals surface area (Å²) in [6.07, 6.45) is 1.11. The van der Waals surface area contributed by atoms with E-state index in [1.54, 1.807) is 0 Å². The SMILES string of the molecule is C=C(C)NC[C@@H]1Cc2ccccc2N1. The molecule has 2 rings (SSSR count). The molecule has 1 aromatic rings. The van der Waals surface area contributed by atoms with Crippen molar-refractivity contribution in [3.8, 4) is 0 Å². The predicted molar refractivity (Wildman–Crippen MR) is 60.4 cm³/mol. The monoisotopic (exact) mass is 188 g/mol. The molecule has 0 saturated heterocycles. The molecular weight excluding hydrogens is 172 g/mol. The highest BCUT2D eigenvalue weighted by Crippen LogP contribution is 2.24. The maximum absolute atomic E-state index is 3.83. The largest absolute Gasteiger partial charge is 0.387 e. The predicted octanol–water partition coefficient (Wildman–Crippen LogP) is 2.15. The third kappa shape index (κ3) is 1.90. The first-order chi connectivity index (χ1) is 6.75. The molecule has 0 aromatic heterocycles. The molecule has 1 aromatic carbocycles. The highest BCUT2D eigenvalue weighted by molar-refractivity contribution is 5.56. The number of hydrogen-bond donors (Lipinski definition) is 2. The zero-order chi connectivity index (χ0) is 9.97. The van der Waals surface area contributed by atoms with Crippen LogP contribution in [0.3, 0.4) is 0 Å². The van der Waals surface area contributed by atoms with Crippen molar-refractivity contribution in [2.75, 3.05) is 11.9 Å². The molecule has 1 atom stereocenters. The Morgan fingerprint density at radius 2 is 2.36 bits per heavy atom. The standard InChI is InChI=1S/C12H16N2/c1-9(2)13-8-11-7-10-5-3-4-6-12(10)14-11/h3-6,11,13-14H,1,7-8H2,2H3/t11-/m0/s1. The smallest absolute Gasteiger partial charge is 0.0475 e. The van der Waals surface area contributed by atoms with Crippen molar-refractivity contribution in [2.24, 2.45) is 0 Å². The summed E-state index contributed by atoms with van der Waals surface area (Å²) >= 11 is 0. The normalized spacial score (nSPS) is 18.5. The van der Waals surface area contributed by atoms with Crippen LogP contribution in [0.1, 0.15) is 12.5 Å². The van der Waals surface area contributed by atoms with Gasteiger partial charge in [0.05, 0.1) is 0 Å². The van der Waals surface area contributed by atoms with Crippen LogP contribution in [0.25, 0.3) is 0 Å². The van der Waals surface area contributed by atoms with Crippen molar-refractivity contribution >= 4 is 5.69 Å².